The van der Waals surface area contributed by atoms with E-state index >= 15 is 0 Å². The van der Waals surface area contributed by atoms with E-state index in [4.69, 9.17) is 14.2 Å². The van der Waals surface area contributed by atoms with Crippen LogP contribution in [0.15, 0.2) is 0 Å². The first kappa shape index (κ1) is 9.36. The van der Waals surface area contributed by atoms with E-state index in [0.29, 0.717) is 0 Å². The minimum Gasteiger partial charge on any atom is -0.388 e. The zero-order chi connectivity index (χ0) is 9.64. The number of aliphatic hydroxyl groups is 2. The van der Waals surface area contributed by atoms with Gasteiger partial charge in [-0.15, -0.1) is 0 Å². The molecule has 2 aliphatic rings. The molecule has 0 aliphatic carbocycles. The molecule has 4 atom stereocenters. The van der Waals surface area contributed by atoms with Crippen LogP contribution >= 0.6 is 0 Å². The highest BCUT2D eigenvalue weighted by atomic mass is 16.8. The van der Waals surface area contributed by atoms with E-state index in [1.807, 2.05) is 0 Å². The Bertz CT molecular complexity index is 185. The number of hydrogen-bond donors (Lipinski definition) is 2. The molecule has 0 saturated carbocycles. The fourth-order valence-corrected chi connectivity index (χ4v) is 1.72. The predicted molar refractivity (Wildman–Crippen MR) is 41.8 cm³/mol. The summed E-state index contributed by atoms with van der Waals surface area (Å²) in [4.78, 5) is 0. The molecule has 13 heavy (non-hydrogen) atoms. The van der Waals surface area contributed by atoms with Crippen LogP contribution in [0.25, 0.3) is 0 Å². The topological polar surface area (TPSA) is 68.2 Å². The summed E-state index contributed by atoms with van der Waals surface area (Å²) in [5.74, 6) is -0.759. The Hall–Kier alpha value is -0.200. The summed E-state index contributed by atoms with van der Waals surface area (Å²) in [5, 5.41) is 18.9. The Kier molecular flexibility index (Phi) is 2.08. The SMILES string of the molecule is CC1(C)O[C@@H]2[C@H](O1)[C@@H](O)OC[C@H]2O. The van der Waals surface area contributed by atoms with Crippen LogP contribution in [0.3, 0.4) is 0 Å². The number of hydrogen-bond acceptors (Lipinski definition) is 5. The molecule has 0 aromatic carbocycles. The van der Waals surface area contributed by atoms with E-state index in [2.05, 4.69) is 0 Å². The second-order valence-corrected chi connectivity index (χ2v) is 3.86. The fraction of sp³-hybridized carbons (Fsp3) is 1.00. The molecule has 2 saturated heterocycles. The van der Waals surface area contributed by atoms with E-state index in [1.165, 1.54) is 0 Å². The summed E-state index contributed by atoms with van der Waals surface area (Å²) in [6.07, 6.45) is -2.80. The quantitative estimate of drug-likeness (QED) is 0.524. The summed E-state index contributed by atoms with van der Waals surface area (Å²) in [6.45, 7) is 3.57. The van der Waals surface area contributed by atoms with Crippen LogP contribution in [0.2, 0.25) is 0 Å². The molecule has 76 valence electrons. The second-order valence-electron chi connectivity index (χ2n) is 3.86. The molecule has 0 unspecified atom stereocenters. The highest BCUT2D eigenvalue weighted by molar-refractivity contribution is 4.91. The molecule has 5 nitrogen and oxygen atoms in total. The van der Waals surface area contributed by atoms with Gasteiger partial charge in [-0.05, 0) is 13.8 Å². The maximum absolute atomic E-state index is 9.49. The van der Waals surface area contributed by atoms with Crippen molar-refractivity contribution in [3.05, 3.63) is 0 Å². The lowest BCUT2D eigenvalue weighted by Gasteiger charge is -2.31. The lowest BCUT2D eigenvalue weighted by Crippen LogP contribution is -2.51. The first-order valence-electron chi connectivity index (χ1n) is 4.33. The maximum atomic E-state index is 9.49. The van der Waals surface area contributed by atoms with Gasteiger partial charge in [-0.2, -0.15) is 0 Å². The smallest absolute Gasteiger partial charge is 0.184 e. The number of aliphatic hydroxyl groups excluding tert-OH is 2. The van der Waals surface area contributed by atoms with Crippen LogP contribution < -0.4 is 0 Å². The van der Waals surface area contributed by atoms with Gasteiger partial charge in [0.15, 0.2) is 12.1 Å². The molecule has 0 radical (unpaired) electrons. The molecule has 2 N–H and O–H groups in total. The third-order valence-electron chi connectivity index (χ3n) is 2.26. The molecule has 0 amide bonds. The highest BCUT2D eigenvalue weighted by Crippen LogP contribution is 2.34. The van der Waals surface area contributed by atoms with Crippen molar-refractivity contribution in [1.82, 2.24) is 0 Å². The van der Waals surface area contributed by atoms with Crippen molar-refractivity contribution in [2.75, 3.05) is 6.61 Å². The van der Waals surface area contributed by atoms with E-state index < -0.39 is 30.4 Å². The van der Waals surface area contributed by atoms with Gasteiger partial charge >= 0.3 is 0 Å². The summed E-state index contributed by atoms with van der Waals surface area (Å²) >= 11 is 0. The molecule has 0 aromatic rings. The van der Waals surface area contributed by atoms with Gasteiger partial charge in [-0.25, -0.2) is 0 Å². The molecule has 5 heteroatoms. The van der Waals surface area contributed by atoms with Crippen molar-refractivity contribution in [1.29, 1.82) is 0 Å². The second kappa shape index (κ2) is 2.90. The fourth-order valence-electron chi connectivity index (χ4n) is 1.72. The molecule has 2 fully saturated rings. The predicted octanol–water partition coefficient (Wildman–Crippen LogP) is -0.784. The van der Waals surface area contributed by atoms with Gasteiger partial charge < -0.3 is 24.4 Å². The van der Waals surface area contributed by atoms with Crippen LogP contribution in [0.5, 0.6) is 0 Å². The van der Waals surface area contributed by atoms with E-state index in [-0.39, 0.29) is 6.61 Å². The zero-order valence-corrected chi connectivity index (χ0v) is 7.64. The molecular weight excluding hydrogens is 176 g/mol. The normalized spacial score (nSPS) is 48.9. The van der Waals surface area contributed by atoms with Crippen molar-refractivity contribution >= 4 is 0 Å². The van der Waals surface area contributed by atoms with Crippen LogP contribution in [0.1, 0.15) is 13.8 Å². The van der Waals surface area contributed by atoms with Gasteiger partial charge in [-0.3, -0.25) is 0 Å². The van der Waals surface area contributed by atoms with Crippen LogP contribution in [-0.2, 0) is 14.2 Å². The van der Waals surface area contributed by atoms with E-state index in [9.17, 15) is 10.2 Å². The molecule has 0 spiro atoms. The minimum absolute atomic E-state index is 0.0851. The average Bonchev–Trinajstić information content (AvgIpc) is 2.35. The molecule has 2 aliphatic heterocycles. The van der Waals surface area contributed by atoms with E-state index in [1.54, 1.807) is 13.8 Å². The van der Waals surface area contributed by atoms with Crippen molar-refractivity contribution in [2.24, 2.45) is 0 Å². The highest BCUT2D eigenvalue weighted by Gasteiger charge is 2.51. The lowest BCUT2D eigenvalue weighted by atomic mass is 10.1. The Morgan fingerprint density at radius 3 is 2.38 bits per heavy atom. The third-order valence-corrected chi connectivity index (χ3v) is 2.26. The van der Waals surface area contributed by atoms with Gasteiger partial charge in [0, 0.05) is 0 Å². The molecule has 0 bridgehead atoms. The van der Waals surface area contributed by atoms with Gasteiger partial charge in [0.1, 0.15) is 18.3 Å². The van der Waals surface area contributed by atoms with Gasteiger partial charge in [-0.1, -0.05) is 0 Å². The Labute approximate surface area is 76.2 Å². The number of ether oxygens (including phenoxy) is 3. The molecule has 2 heterocycles. The standard InChI is InChI=1S/C8H14O5/c1-8(2)12-5-4(9)3-11-7(10)6(5)13-8/h4-7,9-10H,3H2,1-2H3/t4-,5+,6+,7+/m1/s1. The van der Waals surface area contributed by atoms with Crippen molar-refractivity contribution < 1.29 is 24.4 Å². The number of rotatable bonds is 0. The lowest BCUT2D eigenvalue weighted by molar-refractivity contribution is -0.225. The first-order valence-corrected chi connectivity index (χ1v) is 4.33. The van der Waals surface area contributed by atoms with Gasteiger partial charge in [0.05, 0.1) is 6.61 Å². The molecule has 0 aromatic heterocycles. The van der Waals surface area contributed by atoms with Gasteiger partial charge in [0.2, 0.25) is 0 Å². The van der Waals surface area contributed by atoms with Crippen molar-refractivity contribution in [3.63, 3.8) is 0 Å². The molecular formula is C8H14O5. The molecule has 2 rings (SSSR count). The number of fused-ring (bicyclic) bond motifs is 1. The Balaban J connectivity index is 2.14. The minimum atomic E-state index is -1.00. The third kappa shape index (κ3) is 1.58. The van der Waals surface area contributed by atoms with Gasteiger partial charge in [0.25, 0.3) is 0 Å². The zero-order valence-electron chi connectivity index (χ0n) is 7.64. The monoisotopic (exact) mass is 190 g/mol. The van der Waals surface area contributed by atoms with Crippen molar-refractivity contribution in [3.8, 4) is 0 Å². The van der Waals surface area contributed by atoms with E-state index in [0.717, 1.165) is 0 Å². The Morgan fingerprint density at radius 1 is 1.15 bits per heavy atom. The Morgan fingerprint density at radius 2 is 1.77 bits per heavy atom. The van der Waals surface area contributed by atoms with Crippen LogP contribution in [-0.4, -0.2) is 47.2 Å². The summed E-state index contributed by atoms with van der Waals surface area (Å²) < 4.78 is 15.7. The summed E-state index contributed by atoms with van der Waals surface area (Å²) in [7, 11) is 0. The first-order chi connectivity index (χ1) is 5.99. The summed E-state index contributed by atoms with van der Waals surface area (Å²) in [5.41, 5.74) is 0. The summed E-state index contributed by atoms with van der Waals surface area (Å²) in [6, 6.07) is 0. The maximum Gasteiger partial charge on any atom is 0.184 e. The largest absolute Gasteiger partial charge is 0.388 e. The van der Waals surface area contributed by atoms with Crippen LogP contribution in [0, 0.1) is 0 Å². The average molecular weight is 190 g/mol. The van der Waals surface area contributed by atoms with Crippen LogP contribution in [0.4, 0.5) is 0 Å². The van der Waals surface area contributed by atoms with Crippen molar-refractivity contribution in [2.45, 2.75) is 44.2 Å².